The summed E-state index contributed by atoms with van der Waals surface area (Å²) in [7, 11) is -0.468. The Kier molecular flexibility index (Phi) is 2.53. The van der Waals surface area contributed by atoms with E-state index >= 15 is 0 Å². The van der Waals surface area contributed by atoms with Crippen molar-refractivity contribution >= 4 is 33.1 Å². The minimum Gasteiger partial charge on any atom is -0.504 e. The van der Waals surface area contributed by atoms with E-state index in [-0.39, 0.29) is 5.75 Å². The second kappa shape index (κ2) is 3.25. The highest BCUT2D eigenvalue weighted by atomic mass is 32.2. The van der Waals surface area contributed by atoms with Crippen LogP contribution in [-0.2, 0) is 0 Å². The Morgan fingerprint density at radius 2 is 2.36 bits per heavy atom. The minimum atomic E-state index is -0.468. The molecule has 1 aromatic rings. The van der Waals surface area contributed by atoms with E-state index in [0.717, 1.165) is 4.21 Å². The Morgan fingerprint density at radius 1 is 1.73 bits per heavy atom. The fraction of sp³-hybridized carbons (Fsp3) is 0.167. The fourth-order valence-corrected chi connectivity index (χ4v) is 2.63. The van der Waals surface area contributed by atoms with E-state index in [1.165, 1.54) is 11.3 Å². The molecule has 0 fully saturated rings. The molecule has 0 aromatic carbocycles. The van der Waals surface area contributed by atoms with Gasteiger partial charge >= 0.3 is 0 Å². The monoisotopic (exact) mass is 190 g/mol. The van der Waals surface area contributed by atoms with Crippen LogP contribution in [0, 0.1) is 0 Å². The molecule has 0 saturated heterocycles. The lowest BCUT2D eigenvalue weighted by molar-refractivity contribution is 0.469. The van der Waals surface area contributed by atoms with Crippen LogP contribution in [0.4, 0.5) is 5.69 Å². The maximum absolute atomic E-state index is 9.33. The van der Waals surface area contributed by atoms with Crippen LogP contribution in [-0.4, -0.2) is 10.5 Å². The van der Waals surface area contributed by atoms with Crippen molar-refractivity contribution in [3.05, 3.63) is 5.38 Å². The summed E-state index contributed by atoms with van der Waals surface area (Å²) in [6.07, 6.45) is 0. The molecule has 0 radical (unpaired) electrons. The molecule has 0 bridgehead atoms. The van der Waals surface area contributed by atoms with Crippen molar-refractivity contribution in [3.8, 4) is 5.75 Å². The van der Waals surface area contributed by atoms with Crippen molar-refractivity contribution in [2.75, 3.05) is 5.73 Å². The summed E-state index contributed by atoms with van der Waals surface area (Å²) >= 11 is 1.39. The van der Waals surface area contributed by atoms with E-state index in [4.69, 9.17) is 10.9 Å². The molecular formula is C6H10N2OS2. The molecule has 11 heavy (non-hydrogen) atoms. The highest BCUT2D eigenvalue weighted by molar-refractivity contribution is 8.14. The Bertz CT molecular complexity index is 293. The van der Waals surface area contributed by atoms with Crippen LogP contribution in [0.15, 0.2) is 9.59 Å². The van der Waals surface area contributed by atoms with Crippen molar-refractivity contribution in [1.82, 2.24) is 0 Å². The fourth-order valence-electron chi connectivity index (χ4n) is 0.621. The topological polar surface area (TPSA) is 72.3 Å². The smallest absolute Gasteiger partial charge is 0.163 e. The van der Waals surface area contributed by atoms with Gasteiger partial charge in [-0.1, -0.05) is 10.7 Å². The first kappa shape index (κ1) is 8.58. The van der Waals surface area contributed by atoms with Crippen LogP contribution in [0.5, 0.6) is 5.75 Å². The molecule has 5 heteroatoms. The van der Waals surface area contributed by atoms with Crippen molar-refractivity contribution in [2.24, 2.45) is 5.14 Å². The van der Waals surface area contributed by atoms with Gasteiger partial charge in [0.05, 0.1) is 5.69 Å². The zero-order valence-corrected chi connectivity index (χ0v) is 7.71. The van der Waals surface area contributed by atoms with Crippen LogP contribution in [0.2, 0.25) is 0 Å². The molecule has 0 amide bonds. The molecule has 1 aromatic heterocycles. The zero-order valence-electron chi connectivity index (χ0n) is 6.07. The number of anilines is 1. The molecule has 62 valence electrons. The highest BCUT2D eigenvalue weighted by Crippen LogP contribution is 2.39. The van der Waals surface area contributed by atoms with E-state index in [1.807, 2.05) is 12.3 Å². The summed E-state index contributed by atoms with van der Waals surface area (Å²) in [6, 6.07) is 0. The average molecular weight is 190 g/mol. The van der Waals surface area contributed by atoms with Gasteiger partial charge in [-0.05, 0) is 12.3 Å². The predicted molar refractivity (Wildman–Crippen MR) is 52.2 cm³/mol. The predicted octanol–water partition coefficient (Wildman–Crippen LogP) is 1.36. The van der Waals surface area contributed by atoms with Gasteiger partial charge in [0, 0.05) is 5.38 Å². The Hall–Kier alpha value is -0.520. The third-order valence-corrected chi connectivity index (χ3v) is 4.00. The summed E-state index contributed by atoms with van der Waals surface area (Å²) in [4.78, 5) is 0. The molecule has 1 heterocycles. The molecule has 1 rings (SSSR count). The lowest BCUT2D eigenvalue weighted by Crippen LogP contribution is -1.86. The number of hydrogen-bond donors (Lipinski definition) is 3. The van der Waals surface area contributed by atoms with Crippen molar-refractivity contribution in [1.29, 1.82) is 0 Å². The van der Waals surface area contributed by atoms with Gasteiger partial charge in [-0.15, -0.1) is 11.3 Å². The molecule has 0 saturated carbocycles. The van der Waals surface area contributed by atoms with Crippen molar-refractivity contribution in [2.45, 2.75) is 11.1 Å². The van der Waals surface area contributed by atoms with Gasteiger partial charge < -0.3 is 10.8 Å². The van der Waals surface area contributed by atoms with E-state index in [2.05, 4.69) is 0 Å². The molecule has 0 spiro atoms. The number of nitrogen functional groups attached to an aromatic ring is 1. The van der Waals surface area contributed by atoms with E-state index < -0.39 is 10.7 Å². The first-order chi connectivity index (χ1) is 5.16. The highest BCUT2D eigenvalue weighted by Gasteiger charge is 2.07. The summed E-state index contributed by atoms with van der Waals surface area (Å²) in [5.41, 5.74) is 5.84. The number of rotatable bonds is 1. The van der Waals surface area contributed by atoms with Crippen molar-refractivity contribution < 1.29 is 5.11 Å². The summed E-state index contributed by atoms with van der Waals surface area (Å²) in [5.74, 6) is 0.138. The average Bonchev–Trinajstić information content (AvgIpc) is 2.32. The zero-order chi connectivity index (χ0) is 8.43. The van der Waals surface area contributed by atoms with Gasteiger partial charge in [0.15, 0.2) is 5.75 Å². The number of aromatic hydroxyl groups is 1. The van der Waals surface area contributed by atoms with Gasteiger partial charge in [-0.3, -0.25) is 5.14 Å². The molecule has 1 unspecified atom stereocenters. The summed E-state index contributed by atoms with van der Waals surface area (Å²) < 4.78 is 0.755. The molecule has 0 aliphatic heterocycles. The molecule has 0 aliphatic carbocycles. The molecule has 3 nitrogen and oxygen atoms in total. The van der Waals surface area contributed by atoms with Gasteiger partial charge in [0.25, 0.3) is 0 Å². The molecule has 1 atom stereocenters. The number of thiophene rings is 1. The van der Waals surface area contributed by atoms with Crippen LogP contribution in [0.3, 0.4) is 0 Å². The van der Waals surface area contributed by atoms with Crippen LogP contribution in [0.1, 0.15) is 6.92 Å². The number of hydrogen-bond acceptors (Lipinski definition) is 4. The number of nitrogens with two attached hydrogens (primary N) is 2. The Labute approximate surface area is 71.7 Å². The van der Waals surface area contributed by atoms with Gasteiger partial charge in [-0.2, -0.15) is 0 Å². The van der Waals surface area contributed by atoms with Gasteiger partial charge in [-0.25, -0.2) is 0 Å². The Balaban J connectivity index is 3.15. The van der Waals surface area contributed by atoms with Crippen LogP contribution >= 0.6 is 22.0 Å². The first-order valence-electron chi connectivity index (χ1n) is 2.99. The first-order valence-corrected chi connectivity index (χ1v) is 5.22. The minimum absolute atomic E-state index is 0.138. The molecular weight excluding hydrogens is 180 g/mol. The van der Waals surface area contributed by atoms with Gasteiger partial charge in [0.2, 0.25) is 0 Å². The van der Waals surface area contributed by atoms with Crippen molar-refractivity contribution in [3.63, 3.8) is 0 Å². The standard InChI is InChI=1S/C6H10N2OS2/c1-2-11(8)6-5(9)4(7)3-10-6/h2-3,9H,7-8H2,1H3. The third-order valence-electron chi connectivity index (χ3n) is 1.23. The maximum Gasteiger partial charge on any atom is 0.163 e. The summed E-state index contributed by atoms with van der Waals surface area (Å²) in [6.45, 7) is 1.86. The Morgan fingerprint density at radius 3 is 2.73 bits per heavy atom. The molecule has 5 N–H and O–H groups in total. The second-order valence-electron chi connectivity index (χ2n) is 1.93. The normalized spacial score (nSPS) is 13.6. The lowest BCUT2D eigenvalue weighted by Gasteiger charge is -1.97. The third kappa shape index (κ3) is 1.55. The maximum atomic E-state index is 9.33. The van der Waals surface area contributed by atoms with Crippen LogP contribution in [0.25, 0.3) is 0 Å². The second-order valence-corrected chi connectivity index (χ2v) is 4.70. The SMILES string of the molecule is C/C=S(/N)c1scc(N)c1O. The van der Waals surface area contributed by atoms with Crippen LogP contribution < -0.4 is 10.9 Å². The van der Waals surface area contributed by atoms with Gasteiger partial charge in [0.1, 0.15) is 4.21 Å². The quantitative estimate of drug-likeness (QED) is 0.585. The largest absolute Gasteiger partial charge is 0.504 e. The lowest BCUT2D eigenvalue weighted by atomic mass is 10.5. The van der Waals surface area contributed by atoms with E-state index in [1.54, 1.807) is 5.38 Å². The van der Waals surface area contributed by atoms with E-state index in [9.17, 15) is 5.11 Å². The van der Waals surface area contributed by atoms with E-state index in [0.29, 0.717) is 5.69 Å². The molecule has 0 aliphatic rings. The summed E-state index contributed by atoms with van der Waals surface area (Å²) in [5, 5.41) is 18.5.